The zero-order valence-electron chi connectivity index (χ0n) is 8.38. The predicted molar refractivity (Wildman–Crippen MR) is 61.7 cm³/mol. The maximum atomic E-state index is 12.8. The van der Waals surface area contributed by atoms with Crippen LogP contribution in [0.3, 0.4) is 0 Å². The Bertz CT molecular complexity index is 492. The van der Waals surface area contributed by atoms with Crippen molar-refractivity contribution in [2.24, 2.45) is 0 Å². The molecule has 0 aliphatic rings. The Morgan fingerprint density at radius 3 is 2.31 bits per heavy atom. The summed E-state index contributed by atoms with van der Waals surface area (Å²) >= 11 is 5.78. The van der Waals surface area contributed by atoms with E-state index in [1.54, 1.807) is 30.3 Å². The molecule has 0 aromatic heterocycles. The van der Waals surface area contributed by atoms with Crippen LogP contribution in [0.5, 0.6) is 0 Å². The molecule has 0 fully saturated rings. The molecule has 0 N–H and O–H groups in total. The summed E-state index contributed by atoms with van der Waals surface area (Å²) in [5, 5.41) is 0.499. The van der Waals surface area contributed by atoms with Gasteiger partial charge in [0.1, 0.15) is 12.5 Å². The number of benzene rings is 2. The molecule has 0 unspecified atom stereocenters. The lowest BCUT2D eigenvalue weighted by Crippen LogP contribution is -1.87. The summed E-state index contributed by atoms with van der Waals surface area (Å²) in [6.45, 7) is -0.590. The van der Waals surface area contributed by atoms with Crippen molar-refractivity contribution < 1.29 is 8.78 Å². The first-order valence-corrected chi connectivity index (χ1v) is 5.19. The van der Waals surface area contributed by atoms with Crippen LogP contribution in [0.2, 0.25) is 5.02 Å². The van der Waals surface area contributed by atoms with Gasteiger partial charge in [0.05, 0.1) is 0 Å². The van der Waals surface area contributed by atoms with Gasteiger partial charge in [-0.2, -0.15) is 0 Å². The molecule has 0 atom stereocenters. The summed E-state index contributed by atoms with van der Waals surface area (Å²) in [6, 6.07) is 11.0. The Morgan fingerprint density at radius 2 is 1.69 bits per heavy atom. The lowest BCUT2D eigenvalue weighted by atomic mass is 10.0. The Morgan fingerprint density at radius 1 is 1.00 bits per heavy atom. The molecule has 0 amide bonds. The average molecular weight is 239 g/mol. The second kappa shape index (κ2) is 4.62. The average Bonchev–Trinajstić information content (AvgIpc) is 2.30. The first-order chi connectivity index (χ1) is 7.70. The molecule has 3 heteroatoms. The van der Waals surface area contributed by atoms with E-state index in [1.807, 2.05) is 0 Å². The number of alkyl halides is 1. The van der Waals surface area contributed by atoms with Crippen molar-refractivity contribution >= 4 is 11.6 Å². The topological polar surface area (TPSA) is 0 Å². The van der Waals surface area contributed by atoms with Gasteiger partial charge in [-0.3, -0.25) is 0 Å². The maximum Gasteiger partial charge on any atom is 0.123 e. The highest BCUT2D eigenvalue weighted by Gasteiger charge is 2.05. The van der Waals surface area contributed by atoms with E-state index in [-0.39, 0.29) is 5.82 Å². The maximum absolute atomic E-state index is 12.8. The van der Waals surface area contributed by atoms with Crippen LogP contribution in [-0.2, 0) is 6.67 Å². The summed E-state index contributed by atoms with van der Waals surface area (Å²) in [6.07, 6.45) is 0. The van der Waals surface area contributed by atoms with Crippen molar-refractivity contribution in [3.8, 4) is 11.1 Å². The largest absolute Gasteiger partial charge is 0.246 e. The normalized spacial score (nSPS) is 10.4. The van der Waals surface area contributed by atoms with E-state index in [4.69, 9.17) is 11.6 Å². The molecule has 0 heterocycles. The van der Waals surface area contributed by atoms with Gasteiger partial charge in [0, 0.05) is 5.02 Å². The Hall–Kier alpha value is -1.41. The summed E-state index contributed by atoms with van der Waals surface area (Å²) < 4.78 is 25.6. The van der Waals surface area contributed by atoms with Crippen molar-refractivity contribution in [3.63, 3.8) is 0 Å². The van der Waals surface area contributed by atoms with Crippen molar-refractivity contribution in [2.45, 2.75) is 6.67 Å². The number of halogens is 3. The monoisotopic (exact) mass is 238 g/mol. The summed E-state index contributed by atoms with van der Waals surface area (Å²) in [5.74, 6) is -0.306. The minimum atomic E-state index is -0.590. The molecule has 0 saturated heterocycles. The molecule has 2 aromatic rings. The van der Waals surface area contributed by atoms with E-state index in [2.05, 4.69) is 0 Å². The third-order valence-electron chi connectivity index (χ3n) is 2.37. The molecule has 2 rings (SSSR count). The third kappa shape index (κ3) is 2.22. The Kier molecular flexibility index (Phi) is 3.20. The molecule has 82 valence electrons. The Balaban J connectivity index is 2.51. The fourth-order valence-corrected chi connectivity index (χ4v) is 1.78. The molecule has 2 aromatic carbocycles. The summed E-state index contributed by atoms with van der Waals surface area (Å²) in [5.41, 5.74) is 2.04. The molecule has 0 aliphatic heterocycles. The van der Waals surface area contributed by atoms with E-state index in [0.717, 1.165) is 11.1 Å². The summed E-state index contributed by atoms with van der Waals surface area (Å²) in [4.78, 5) is 0. The molecule has 0 aliphatic carbocycles. The van der Waals surface area contributed by atoms with Gasteiger partial charge in [-0.05, 0) is 41.0 Å². The highest BCUT2D eigenvalue weighted by atomic mass is 35.5. The van der Waals surface area contributed by atoms with Gasteiger partial charge in [-0.15, -0.1) is 0 Å². The van der Waals surface area contributed by atoms with Gasteiger partial charge >= 0.3 is 0 Å². The van der Waals surface area contributed by atoms with Gasteiger partial charge in [0.25, 0.3) is 0 Å². The molecule has 0 nitrogen and oxygen atoms in total. The highest BCUT2D eigenvalue weighted by Crippen LogP contribution is 2.27. The van der Waals surface area contributed by atoms with Crippen molar-refractivity contribution in [2.75, 3.05) is 0 Å². The van der Waals surface area contributed by atoms with Crippen LogP contribution in [0.1, 0.15) is 5.56 Å². The van der Waals surface area contributed by atoms with Crippen molar-refractivity contribution in [1.82, 2.24) is 0 Å². The fourth-order valence-electron chi connectivity index (χ4n) is 1.58. The first kappa shape index (κ1) is 11.1. The molecule has 0 saturated carbocycles. The molecule has 16 heavy (non-hydrogen) atoms. The smallest absolute Gasteiger partial charge is 0.123 e. The van der Waals surface area contributed by atoms with Crippen LogP contribution in [0, 0.1) is 5.82 Å². The van der Waals surface area contributed by atoms with Gasteiger partial charge in [-0.25, -0.2) is 8.78 Å². The van der Waals surface area contributed by atoms with Gasteiger partial charge in [-0.1, -0.05) is 29.8 Å². The van der Waals surface area contributed by atoms with Crippen LogP contribution in [0.25, 0.3) is 11.1 Å². The van der Waals surface area contributed by atoms with Gasteiger partial charge in [0.2, 0.25) is 0 Å². The highest BCUT2D eigenvalue weighted by molar-refractivity contribution is 6.30. The lowest BCUT2D eigenvalue weighted by molar-refractivity contribution is 0.486. The number of rotatable bonds is 2. The minimum absolute atomic E-state index is 0.306. The lowest BCUT2D eigenvalue weighted by Gasteiger charge is -2.07. The van der Waals surface area contributed by atoms with Crippen LogP contribution in [0.4, 0.5) is 8.78 Å². The van der Waals surface area contributed by atoms with Gasteiger partial charge < -0.3 is 0 Å². The molecule has 0 bridgehead atoms. The first-order valence-electron chi connectivity index (χ1n) is 4.81. The number of hydrogen-bond acceptors (Lipinski definition) is 0. The van der Waals surface area contributed by atoms with Crippen molar-refractivity contribution in [1.29, 1.82) is 0 Å². The fraction of sp³-hybridized carbons (Fsp3) is 0.0769. The van der Waals surface area contributed by atoms with Crippen LogP contribution < -0.4 is 0 Å². The quantitative estimate of drug-likeness (QED) is 0.716. The summed E-state index contributed by atoms with van der Waals surface area (Å²) in [7, 11) is 0. The van der Waals surface area contributed by atoms with E-state index in [1.165, 1.54) is 12.1 Å². The van der Waals surface area contributed by atoms with Gasteiger partial charge in [0.15, 0.2) is 0 Å². The van der Waals surface area contributed by atoms with Crippen LogP contribution >= 0.6 is 11.6 Å². The zero-order valence-corrected chi connectivity index (χ0v) is 9.14. The van der Waals surface area contributed by atoms with Crippen LogP contribution in [0.15, 0.2) is 42.5 Å². The SMILES string of the molecule is FCc1cc(Cl)ccc1-c1ccc(F)cc1. The molecular weight excluding hydrogens is 230 g/mol. The predicted octanol–water partition coefficient (Wildman–Crippen LogP) is 4.62. The van der Waals surface area contributed by atoms with E-state index < -0.39 is 6.67 Å². The van der Waals surface area contributed by atoms with Crippen LogP contribution in [-0.4, -0.2) is 0 Å². The van der Waals surface area contributed by atoms with Crippen molar-refractivity contribution in [3.05, 3.63) is 58.9 Å². The molecule has 0 spiro atoms. The van der Waals surface area contributed by atoms with E-state index >= 15 is 0 Å². The molecule has 0 radical (unpaired) electrons. The van der Waals surface area contributed by atoms with E-state index in [0.29, 0.717) is 10.6 Å². The standard InChI is InChI=1S/C13H9ClF2/c14-11-3-6-13(10(7-11)8-15)9-1-4-12(16)5-2-9/h1-7H,8H2. The minimum Gasteiger partial charge on any atom is -0.246 e. The number of hydrogen-bond donors (Lipinski definition) is 0. The Labute approximate surface area is 97.5 Å². The van der Waals surface area contributed by atoms with E-state index in [9.17, 15) is 8.78 Å². The molecular formula is C13H9ClF2. The zero-order chi connectivity index (χ0) is 11.5. The third-order valence-corrected chi connectivity index (χ3v) is 2.60. The second-order valence-corrected chi connectivity index (χ2v) is 3.88. The second-order valence-electron chi connectivity index (χ2n) is 3.44.